The number of aromatic nitrogens is 6. The molecule has 10 nitrogen and oxygen atoms in total. The van der Waals surface area contributed by atoms with Crippen molar-refractivity contribution in [3.63, 3.8) is 0 Å². The molecule has 0 aliphatic heterocycles. The van der Waals surface area contributed by atoms with Crippen LogP contribution in [-0.2, 0) is 6.54 Å². The molecule has 0 bridgehead atoms. The molecule has 0 fully saturated rings. The second-order valence-electron chi connectivity index (χ2n) is 6.07. The molecule has 142 valence electrons. The highest BCUT2D eigenvalue weighted by Gasteiger charge is 2.18. The minimum absolute atomic E-state index is 0.0568. The van der Waals surface area contributed by atoms with Gasteiger partial charge in [-0.05, 0) is 12.5 Å². The van der Waals surface area contributed by atoms with Crippen molar-refractivity contribution in [2.45, 2.75) is 19.5 Å². The third-order valence-electron chi connectivity index (χ3n) is 4.06. The zero-order chi connectivity index (χ0) is 19.5. The number of hydrogen-bond donors (Lipinski definition) is 1. The Balaban J connectivity index is 1.42. The first-order valence-corrected chi connectivity index (χ1v) is 9.26. The van der Waals surface area contributed by atoms with E-state index in [0.29, 0.717) is 22.5 Å². The van der Waals surface area contributed by atoms with Gasteiger partial charge in [-0.2, -0.15) is 10.2 Å². The second kappa shape index (κ2) is 7.56. The van der Waals surface area contributed by atoms with Crippen LogP contribution in [0.2, 0.25) is 0 Å². The molecule has 0 aliphatic rings. The molecule has 0 saturated carbocycles. The Morgan fingerprint density at radius 2 is 2.07 bits per heavy atom. The molecule has 4 aromatic rings. The lowest BCUT2D eigenvalue weighted by Gasteiger charge is -2.06. The normalized spacial score (nSPS) is 12.0. The lowest BCUT2D eigenvalue weighted by molar-refractivity contribution is -0.385. The third-order valence-corrected chi connectivity index (χ3v) is 5.07. The molecule has 28 heavy (non-hydrogen) atoms. The molecule has 0 radical (unpaired) electrons. The van der Waals surface area contributed by atoms with Gasteiger partial charge in [0.2, 0.25) is 5.13 Å². The highest BCUT2D eigenvalue weighted by molar-refractivity contribution is 7.15. The van der Waals surface area contributed by atoms with Gasteiger partial charge in [0.25, 0.3) is 0 Å². The summed E-state index contributed by atoms with van der Waals surface area (Å²) in [4.78, 5) is 10.3. The molecular formula is C17H16N8O2S. The molecule has 0 amide bonds. The van der Waals surface area contributed by atoms with Crippen LogP contribution in [0.3, 0.4) is 0 Å². The highest BCUT2D eigenvalue weighted by Crippen LogP contribution is 2.27. The van der Waals surface area contributed by atoms with Gasteiger partial charge in [0.05, 0.1) is 11.5 Å². The number of nitrogens with zero attached hydrogens (tertiary/aromatic N) is 7. The lowest BCUT2D eigenvalue weighted by Crippen LogP contribution is -2.06. The minimum atomic E-state index is -0.477. The Morgan fingerprint density at radius 1 is 1.25 bits per heavy atom. The van der Waals surface area contributed by atoms with Crippen LogP contribution in [0.15, 0.2) is 55.0 Å². The highest BCUT2D eigenvalue weighted by atomic mass is 32.1. The van der Waals surface area contributed by atoms with Crippen LogP contribution in [0.4, 0.5) is 16.6 Å². The van der Waals surface area contributed by atoms with Crippen LogP contribution in [0.1, 0.15) is 23.5 Å². The van der Waals surface area contributed by atoms with Crippen molar-refractivity contribution in [3.05, 3.63) is 75.7 Å². The molecule has 11 heteroatoms. The van der Waals surface area contributed by atoms with E-state index in [1.165, 1.54) is 28.4 Å². The fourth-order valence-corrected chi connectivity index (χ4v) is 3.39. The van der Waals surface area contributed by atoms with Gasteiger partial charge in [-0.1, -0.05) is 41.7 Å². The number of nitrogens with one attached hydrogen (secondary N) is 1. The van der Waals surface area contributed by atoms with Crippen molar-refractivity contribution in [2.75, 3.05) is 5.32 Å². The van der Waals surface area contributed by atoms with Gasteiger partial charge in [-0.3, -0.25) is 19.5 Å². The standard InChI is InChI=1S/C17H16N8O2S/c1-12(24-11-14(9-18-24)25(26)27)16-20-21-17(28-16)19-15-7-8-23(22-15)10-13-5-3-2-4-6-13/h2-9,11-12H,10H2,1H3,(H,19,21,22)/t12-/m1/s1. The topological polar surface area (TPSA) is 117 Å². The first-order chi connectivity index (χ1) is 13.6. The summed E-state index contributed by atoms with van der Waals surface area (Å²) in [5.74, 6) is 0.668. The fourth-order valence-electron chi connectivity index (χ4n) is 2.60. The van der Waals surface area contributed by atoms with Crippen LogP contribution in [-0.4, -0.2) is 34.7 Å². The number of nitro groups is 1. The number of rotatable bonds is 7. The first kappa shape index (κ1) is 17.8. The zero-order valence-electron chi connectivity index (χ0n) is 14.8. The summed E-state index contributed by atoms with van der Waals surface area (Å²) >= 11 is 1.35. The third kappa shape index (κ3) is 3.88. The largest absolute Gasteiger partial charge is 0.313 e. The number of anilines is 2. The molecule has 0 unspecified atom stereocenters. The fraction of sp³-hybridized carbons (Fsp3) is 0.176. The summed E-state index contributed by atoms with van der Waals surface area (Å²) in [6.45, 7) is 2.54. The molecule has 0 saturated heterocycles. The Bertz CT molecular complexity index is 1090. The lowest BCUT2D eigenvalue weighted by atomic mass is 10.2. The maximum Gasteiger partial charge on any atom is 0.307 e. The SMILES string of the molecule is C[C@H](c1nnc(Nc2ccn(Cc3ccccc3)n2)s1)n1cc([N+](=O)[O-])cn1. The maximum atomic E-state index is 10.8. The molecule has 1 atom stereocenters. The summed E-state index contributed by atoms with van der Waals surface area (Å²) in [6, 6.07) is 11.7. The molecule has 3 heterocycles. The maximum absolute atomic E-state index is 10.8. The summed E-state index contributed by atoms with van der Waals surface area (Å²) in [5.41, 5.74) is 1.11. The van der Waals surface area contributed by atoms with Gasteiger partial charge in [-0.15, -0.1) is 10.2 Å². The van der Waals surface area contributed by atoms with Crippen molar-refractivity contribution < 1.29 is 4.92 Å². The Hall–Kier alpha value is -3.60. The average molecular weight is 396 g/mol. The Kier molecular flexibility index (Phi) is 4.81. The minimum Gasteiger partial charge on any atom is -0.313 e. The van der Waals surface area contributed by atoms with E-state index in [0.717, 1.165) is 5.56 Å². The van der Waals surface area contributed by atoms with Crippen molar-refractivity contribution in [1.29, 1.82) is 0 Å². The van der Waals surface area contributed by atoms with Crippen molar-refractivity contribution in [3.8, 4) is 0 Å². The monoisotopic (exact) mass is 396 g/mol. The molecular weight excluding hydrogens is 380 g/mol. The molecule has 0 aliphatic carbocycles. The van der Waals surface area contributed by atoms with E-state index < -0.39 is 4.92 Å². The molecule has 1 N–H and O–H groups in total. The molecule has 4 rings (SSSR count). The van der Waals surface area contributed by atoms with E-state index >= 15 is 0 Å². The van der Waals surface area contributed by atoms with E-state index in [4.69, 9.17) is 0 Å². The second-order valence-corrected chi connectivity index (χ2v) is 7.08. The van der Waals surface area contributed by atoms with Crippen LogP contribution in [0.5, 0.6) is 0 Å². The van der Waals surface area contributed by atoms with Gasteiger partial charge in [0, 0.05) is 12.3 Å². The smallest absolute Gasteiger partial charge is 0.307 e. The first-order valence-electron chi connectivity index (χ1n) is 8.45. The predicted octanol–water partition coefficient (Wildman–Crippen LogP) is 3.24. The van der Waals surface area contributed by atoms with Crippen molar-refractivity contribution >= 4 is 28.0 Å². The van der Waals surface area contributed by atoms with E-state index in [2.05, 4.69) is 25.7 Å². The van der Waals surface area contributed by atoms with Crippen LogP contribution in [0.25, 0.3) is 0 Å². The predicted molar refractivity (Wildman–Crippen MR) is 104 cm³/mol. The summed E-state index contributed by atoms with van der Waals surface area (Å²) in [7, 11) is 0. The van der Waals surface area contributed by atoms with E-state index in [1.807, 2.05) is 54.2 Å². The number of hydrogen-bond acceptors (Lipinski definition) is 8. The summed E-state index contributed by atoms with van der Waals surface area (Å²) in [6.07, 6.45) is 4.49. The molecule has 1 aromatic carbocycles. The zero-order valence-corrected chi connectivity index (χ0v) is 15.7. The van der Waals surface area contributed by atoms with Crippen LogP contribution in [0, 0.1) is 10.1 Å². The molecule has 3 aromatic heterocycles. The van der Waals surface area contributed by atoms with Crippen molar-refractivity contribution in [2.24, 2.45) is 0 Å². The Labute approximate surface area is 163 Å². The molecule has 0 spiro atoms. The van der Waals surface area contributed by atoms with Gasteiger partial charge < -0.3 is 5.32 Å². The van der Waals surface area contributed by atoms with E-state index in [-0.39, 0.29) is 11.7 Å². The number of benzene rings is 1. The Morgan fingerprint density at radius 3 is 2.82 bits per heavy atom. The quantitative estimate of drug-likeness (QED) is 0.376. The average Bonchev–Trinajstić information content (AvgIpc) is 3.43. The van der Waals surface area contributed by atoms with Gasteiger partial charge in [0.1, 0.15) is 23.4 Å². The van der Waals surface area contributed by atoms with Crippen LogP contribution < -0.4 is 5.32 Å². The van der Waals surface area contributed by atoms with Gasteiger partial charge >= 0.3 is 5.69 Å². The van der Waals surface area contributed by atoms with Gasteiger partial charge in [-0.25, -0.2) is 0 Å². The van der Waals surface area contributed by atoms with Crippen LogP contribution >= 0.6 is 11.3 Å². The van der Waals surface area contributed by atoms with Gasteiger partial charge in [0.15, 0.2) is 5.82 Å². The van der Waals surface area contributed by atoms with Crippen molar-refractivity contribution in [1.82, 2.24) is 29.8 Å². The van der Waals surface area contributed by atoms with E-state index in [9.17, 15) is 10.1 Å². The summed E-state index contributed by atoms with van der Waals surface area (Å²) < 4.78 is 3.34. The van der Waals surface area contributed by atoms with E-state index in [1.54, 1.807) is 0 Å². The summed E-state index contributed by atoms with van der Waals surface area (Å²) in [5, 5.41) is 32.0.